The van der Waals surface area contributed by atoms with E-state index in [4.69, 9.17) is 0 Å². The maximum absolute atomic E-state index is 12.8. The van der Waals surface area contributed by atoms with Crippen LogP contribution in [0.5, 0.6) is 0 Å². The summed E-state index contributed by atoms with van der Waals surface area (Å²) in [4.78, 5) is 27.7. The first-order valence-corrected chi connectivity index (χ1v) is 10.2. The number of benzene rings is 3. The lowest BCUT2D eigenvalue weighted by Gasteiger charge is -2.17. The summed E-state index contributed by atoms with van der Waals surface area (Å²) in [6, 6.07) is 20.4. The van der Waals surface area contributed by atoms with Gasteiger partial charge in [0.15, 0.2) is 0 Å². The molecule has 0 saturated heterocycles. The normalized spacial score (nSPS) is 12.4. The minimum Gasteiger partial charge on any atom is -0.371 e. The van der Waals surface area contributed by atoms with Gasteiger partial charge >= 0.3 is 0 Å². The summed E-state index contributed by atoms with van der Waals surface area (Å²) in [5.74, 6) is -0.402. The predicted octanol–water partition coefficient (Wildman–Crippen LogP) is 4.88. The molecule has 5 nitrogen and oxygen atoms in total. The summed E-state index contributed by atoms with van der Waals surface area (Å²) >= 11 is 0. The molecule has 2 N–H and O–H groups in total. The number of amides is 2. The van der Waals surface area contributed by atoms with E-state index in [1.54, 1.807) is 24.3 Å². The molecule has 0 radical (unpaired) electrons. The van der Waals surface area contributed by atoms with Gasteiger partial charge in [0.05, 0.1) is 0 Å². The third kappa shape index (κ3) is 4.06. The monoisotopic (exact) mass is 399 g/mol. The van der Waals surface area contributed by atoms with Crippen molar-refractivity contribution in [1.82, 2.24) is 0 Å². The van der Waals surface area contributed by atoms with E-state index in [2.05, 4.69) is 28.5 Å². The van der Waals surface area contributed by atoms with Gasteiger partial charge in [-0.05, 0) is 67.8 Å². The van der Waals surface area contributed by atoms with Crippen molar-refractivity contribution in [2.75, 3.05) is 28.6 Å². The molecule has 2 amide bonds. The molecule has 0 aliphatic carbocycles. The minimum absolute atomic E-state index is 0.200. The summed E-state index contributed by atoms with van der Waals surface area (Å²) in [7, 11) is 0. The number of anilines is 3. The number of hydrogen-bond donors (Lipinski definition) is 2. The van der Waals surface area contributed by atoms with Crippen LogP contribution in [-0.4, -0.2) is 24.9 Å². The van der Waals surface area contributed by atoms with Crippen LogP contribution in [0, 0.1) is 6.92 Å². The maximum atomic E-state index is 12.8. The fraction of sp³-hybridized carbons (Fsp3) is 0.200. The number of aryl methyl sites for hydroxylation is 1. The number of fused-ring (bicyclic) bond motifs is 1. The number of carbonyl (C=O) groups excluding carboxylic acids is 2. The van der Waals surface area contributed by atoms with Gasteiger partial charge < -0.3 is 15.5 Å². The minimum atomic E-state index is -0.203. The molecule has 3 aromatic rings. The van der Waals surface area contributed by atoms with Crippen LogP contribution in [0.1, 0.15) is 38.8 Å². The topological polar surface area (TPSA) is 61.4 Å². The fourth-order valence-electron chi connectivity index (χ4n) is 3.74. The fourth-order valence-corrected chi connectivity index (χ4v) is 3.74. The molecule has 0 unspecified atom stereocenters. The Morgan fingerprint density at radius 2 is 1.67 bits per heavy atom. The van der Waals surface area contributed by atoms with Crippen LogP contribution in [0.15, 0.2) is 66.7 Å². The van der Waals surface area contributed by atoms with Crippen LogP contribution in [0.4, 0.5) is 17.1 Å². The van der Waals surface area contributed by atoms with Crippen LogP contribution in [0.2, 0.25) is 0 Å². The second-order valence-corrected chi connectivity index (χ2v) is 7.48. The molecule has 1 aliphatic rings. The number of nitrogens with zero attached hydrogens (tertiary/aromatic N) is 1. The van der Waals surface area contributed by atoms with Crippen LogP contribution < -0.4 is 15.5 Å². The molecular formula is C25H25N3O2. The summed E-state index contributed by atoms with van der Waals surface area (Å²) in [5, 5.41) is 5.89. The first-order chi connectivity index (χ1) is 14.5. The number of nitrogens with one attached hydrogen (secondary N) is 2. The van der Waals surface area contributed by atoms with Gasteiger partial charge in [0, 0.05) is 41.3 Å². The van der Waals surface area contributed by atoms with Gasteiger partial charge in [0.25, 0.3) is 11.8 Å². The Morgan fingerprint density at radius 1 is 0.900 bits per heavy atom. The summed E-state index contributed by atoms with van der Waals surface area (Å²) in [6.07, 6.45) is 1.04. The number of rotatable bonds is 5. The zero-order valence-electron chi connectivity index (χ0n) is 17.2. The van der Waals surface area contributed by atoms with Crippen molar-refractivity contribution in [2.24, 2.45) is 0 Å². The maximum Gasteiger partial charge on any atom is 0.255 e. The van der Waals surface area contributed by atoms with Crippen molar-refractivity contribution in [3.63, 3.8) is 0 Å². The highest BCUT2D eigenvalue weighted by Crippen LogP contribution is 2.30. The molecule has 0 aromatic heterocycles. The lowest BCUT2D eigenvalue weighted by molar-refractivity contribution is 0.101. The van der Waals surface area contributed by atoms with Crippen LogP contribution in [0.3, 0.4) is 0 Å². The van der Waals surface area contributed by atoms with Crippen LogP contribution >= 0.6 is 0 Å². The molecule has 0 bridgehead atoms. The molecule has 4 rings (SSSR count). The number of hydrogen-bond acceptors (Lipinski definition) is 3. The Morgan fingerprint density at radius 3 is 2.43 bits per heavy atom. The van der Waals surface area contributed by atoms with Crippen molar-refractivity contribution in [3.05, 3.63) is 89.0 Å². The molecule has 1 aliphatic heterocycles. The first kappa shape index (κ1) is 19.7. The third-order valence-electron chi connectivity index (χ3n) is 5.50. The Balaban J connectivity index is 1.51. The summed E-state index contributed by atoms with van der Waals surface area (Å²) in [5.41, 5.74) is 5.87. The van der Waals surface area contributed by atoms with E-state index in [1.807, 2.05) is 43.3 Å². The third-order valence-corrected chi connectivity index (χ3v) is 5.50. The molecule has 30 heavy (non-hydrogen) atoms. The first-order valence-electron chi connectivity index (χ1n) is 10.2. The zero-order valence-corrected chi connectivity index (χ0v) is 17.2. The largest absolute Gasteiger partial charge is 0.371 e. The average Bonchev–Trinajstić information content (AvgIpc) is 3.18. The molecule has 3 aromatic carbocycles. The van der Waals surface area contributed by atoms with Gasteiger partial charge in [-0.25, -0.2) is 0 Å². The predicted molar refractivity (Wildman–Crippen MR) is 122 cm³/mol. The second-order valence-electron chi connectivity index (χ2n) is 7.48. The quantitative estimate of drug-likeness (QED) is 0.643. The Bertz CT molecular complexity index is 1090. The molecule has 0 saturated carbocycles. The highest BCUT2D eigenvalue weighted by Gasteiger charge is 2.18. The average molecular weight is 399 g/mol. The zero-order chi connectivity index (χ0) is 21.1. The lowest BCUT2D eigenvalue weighted by Crippen LogP contribution is -2.19. The smallest absolute Gasteiger partial charge is 0.255 e. The number of carbonyl (C=O) groups is 2. The van der Waals surface area contributed by atoms with Crippen LogP contribution in [0.25, 0.3) is 0 Å². The van der Waals surface area contributed by atoms with Crippen molar-refractivity contribution >= 4 is 28.9 Å². The molecule has 152 valence electrons. The van der Waals surface area contributed by atoms with E-state index in [0.29, 0.717) is 16.8 Å². The van der Waals surface area contributed by atoms with E-state index in [0.717, 1.165) is 30.8 Å². The molecule has 5 heteroatoms. The van der Waals surface area contributed by atoms with Gasteiger partial charge in [-0.15, -0.1) is 0 Å². The SMILES string of the molecule is CCN1CCc2ccc(NC(=O)c3ccc(C)c(NC(=O)c4ccccc4)c3)cc21. The lowest BCUT2D eigenvalue weighted by atomic mass is 10.1. The van der Waals surface area contributed by atoms with Gasteiger partial charge in [0.1, 0.15) is 0 Å². The van der Waals surface area contributed by atoms with Crippen LogP contribution in [-0.2, 0) is 6.42 Å². The Hall–Kier alpha value is -3.60. The van der Waals surface area contributed by atoms with Gasteiger partial charge in [-0.1, -0.05) is 30.3 Å². The summed E-state index contributed by atoms with van der Waals surface area (Å²) in [6.45, 7) is 6.01. The standard InChI is InChI=1S/C25H25N3O2/c1-3-28-14-13-18-11-12-21(16-23(18)28)26-25(30)20-10-9-17(2)22(15-20)27-24(29)19-7-5-4-6-8-19/h4-12,15-16H,3,13-14H2,1-2H3,(H,26,30)(H,27,29). The van der Waals surface area contributed by atoms with E-state index < -0.39 is 0 Å². The molecule has 1 heterocycles. The van der Waals surface area contributed by atoms with Crippen molar-refractivity contribution in [1.29, 1.82) is 0 Å². The highest BCUT2D eigenvalue weighted by molar-refractivity contribution is 6.08. The Kier molecular flexibility index (Phi) is 5.53. The number of likely N-dealkylation sites (N-methyl/N-ethyl adjacent to an activating group) is 1. The van der Waals surface area contributed by atoms with E-state index in [-0.39, 0.29) is 11.8 Å². The molecule has 0 atom stereocenters. The van der Waals surface area contributed by atoms with E-state index in [9.17, 15) is 9.59 Å². The highest BCUT2D eigenvalue weighted by atomic mass is 16.2. The van der Waals surface area contributed by atoms with Crippen molar-refractivity contribution in [2.45, 2.75) is 20.3 Å². The van der Waals surface area contributed by atoms with Crippen molar-refractivity contribution in [3.8, 4) is 0 Å². The van der Waals surface area contributed by atoms with E-state index in [1.165, 1.54) is 11.3 Å². The van der Waals surface area contributed by atoms with Gasteiger partial charge in [0.2, 0.25) is 0 Å². The second kappa shape index (κ2) is 8.41. The van der Waals surface area contributed by atoms with Crippen molar-refractivity contribution < 1.29 is 9.59 Å². The molecule has 0 fully saturated rings. The molecule has 0 spiro atoms. The van der Waals surface area contributed by atoms with E-state index >= 15 is 0 Å². The Labute approximate surface area is 176 Å². The molecular weight excluding hydrogens is 374 g/mol. The van der Waals surface area contributed by atoms with Gasteiger partial charge in [-0.3, -0.25) is 9.59 Å². The summed E-state index contributed by atoms with van der Waals surface area (Å²) < 4.78 is 0. The van der Waals surface area contributed by atoms with Gasteiger partial charge in [-0.2, -0.15) is 0 Å².